The molecule has 1 aliphatic heterocycles. The zero-order chi connectivity index (χ0) is 14.7. The molecule has 112 valence electrons. The van der Waals surface area contributed by atoms with Crippen LogP contribution in [0.3, 0.4) is 0 Å². The summed E-state index contributed by atoms with van der Waals surface area (Å²) in [5.41, 5.74) is 7.28. The average Bonchev–Trinajstić information content (AvgIpc) is 2.87. The fourth-order valence-electron chi connectivity index (χ4n) is 2.79. The molecule has 0 radical (unpaired) electrons. The summed E-state index contributed by atoms with van der Waals surface area (Å²) in [5.74, 6) is 0.710. The number of nitrogens with zero attached hydrogens (tertiary/aromatic N) is 1. The first-order chi connectivity index (χ1) is 10.2. The number of aromatic nitrogens is 1. The number of anilines is 1. The van der Waals surface area contributed by atoms with Crippen molar-refractivity contribution >= 4 is 5.82 Å². The van der Waals surface area contributed by atoms with Crippen LogP contribution in [0.1, 0.15) is 31.4 Å². The van der Waals surface area contributed by atoms with E-state index in [1.165, 1.54) is 18.6 Å². The predicted octanol–water partition coefficient (Wildman–Crippen LogP) is 3.56. The summed E-state index contributed by atoms with van der Waals surface area (Å²) >= 11 is 0. The van der Waals surface area contributed by atoms with Crippen LogP contribution in [0.2, 0.25) is 0 Å². The second-order valence-electron chi connectivity index (χ2n) is 5.40. The molecular weight excluding hydrogens is 271 g/mol. The maximum atomic E-state index is 13.4. The van der Waals surface area contributed by atoms with E-state index in [0.29, 0.717) is 29.1 Å². The molecule has 1 fully saturated rings. The summed E-state index contributed by atoms with van der Waals surface area (Å²) in [6.45, 7) is 0.833. The van der Waals surface area contributed by atoms with Gasteiger partial charge in [0, 0.05) is 13.0 Å². The molecule has 1 aromatic carbocycles. The standard InChI is InChI=1S/C16H19FN2O2/c17-12-5-3-4-11(10-12)15-14(21-19-16(15)18)8-7-13-6-1-2-9-20-13/h3-5,10,13H,1-2,6-9H2,(H2,18,19). The van der Waals surface area contributed by atoms with E-state index in [1.54, 1.807) is 6.07 Å². The van der Waals surface area contributed by atoms with E-state index in [4.69, 9.17) is 15.0 Å². The Morgan fingerprint density at radius 2 is 2.24 bits per heavy atom. The smallest absolute Gasteiger partial charge is 0.175 e. The lowest BCUT2D eigenvalue weighted by molar-refractivity contribution is 0.0106. The number of ether oxygens (including phenoxy) is 1. The lowest BCUT2D eigenvalue weighted by Gasteiger charge is -2.22. The van der Waals surface area contributed by atoms with Gasteiger partial charge in [-0.1, -0.05) is 17.3 Å². The molecule has 3 rings (SSSR count). The van der Waals surface area contributed by atoms with Gasteiger partial charge in [-0.3, -0.25) is 0 Å². The van der Waals surface area contributed by atoms with Crippen molar-refractivity contribution in [3.63, 3.8) is 0 Å². The Kier molecular flexibility index (Phi) is 4.20. The van der Waals surface area contributed by atoms with Crippen LogP contribution in [0, 0.1) is 5.82 Å². The highest BCUT2D eigenvalue weighted by atomic mass is 19.1. The van der Waals surface area contributed by atoms with Crippen LogP contribution < -0.4 is 5.73 Å². The van der Waals surface area contributed by atoms with Crippen LogP contribution in [-0.2, 0) is 11.2 Å². The minimum absolute atomic E-state index is 0.269. The third kappa shape index (κ3) is 3.24. The molecular formula is C16H19FN2O2. The second kappa shape index (κ2) is 6.26. The van der Waals surface area contributed by atoms with Crippen LogP contribution in [0.25, 0.3) is 11.1 Å². The van der Waals surface area contributed by atoms with Crippen LogP contribution in [0.15, 0.2) is 28.8 Å². The zero-order valence-electron chi connectivity index (χ0n) is 11.8. The van der Waals surface area contributed by atoms with E-state index >= 15 is 0 Å². The van der Waals surface area contributed by atoms with E-state index in [-0.39, 0.29) is 11.9 Å². The normalized spacial score (nSPS) is 18.8. The summed E-state index contributed by atoms with van der Waals surface area (Å²) < 4.78 is 24.4. The first kappa shape index (κ1) is 14.1. The van der Waals surface area contributed by atoms with Gasteiger partial charge in [-0.2, -0.15) is 0 Å². The average molecular weight is 290 g/mol. The van der Waals surface area contributed by atoms with Crippen LogP contribution >= 0.6 is 0 Å². The van der Waals surface area contributed by atoms with Crippen molar-refractivity contribution in [1.82, 2.24) is 5.16 Å². The Labute approximate surface area is 123 Å². The van der Waals surface area contributed by atoms with Crippen molar-refractivity contribution in [3.05, 3.63) is 35.8 Å². The molecule has 1 unspecified atom stereocenters. The van der Waals surface area contributed by atoms with Gasteiger partial charge in [-0.15, -0.1) is 0 Å². The Hall–Kier alpha value is -1.88. The summed E-state index contributed by atoms with van der Waals surface area (Å²) in [4.78, 5) is 0. The molecule has 21 heavy (non-hydrogen) atoms. The molecule has 1 atom stereocenters. The lowest BCUT2D eigenvalue weighted by atomic mass is 9.99. The molecule has 1 aromatic heterocycles. The molecule has 2 heterocycles. The molecule has 2 N–H and O–H groups in total. The van der Waals surface area contributed by atoms with Crippen molar-refractivity contribution in [2.75, 3.05) is 12.3 Å². The van der Waals surface area contributed by atoms with Gasteiger partial charge in [-0.25, -0.2) is 4.39 Å². The van der Waals surface area contributed by atoms with Gasteiger partial charge in [-0.05, 0) is 43.4 Å². The highest BCUT2D eigenvalue weighted by Crippen LogP contribution is 2.31. The van der Waals surface area contributed by atoms with E-state index in [2.05, 4.69) is 5.16 Å². The fourth-order valence-corrected chi connectivity index (χ4v) is 2.79. The predicted molar refractivity (Wildman–Crippen MR) is 78.2 cm³/mol. The minimum atomic E-state index is -0.297. The van der Waals surface area contributed by atoms with Crippen LogP contribution in [-0.4, -0.2) is 17.9 Å². The Balaban J connectivity index is 1.77. The summed E-state index contributed by atoms with van der Waals surface area (Å²) in [5, 5.41) is 3.83. The number of nitrogen functional groups attached to an aromatic ring is 1. The lowest BCUT2D eigenvalue weighted by Crippen LogP contribution is -2.19. The van der Waals surface area contributed by atoms with E-state index in [9.17, 15) is 4.39 Å². The monoisotopic (exact) mass is 290 g/mol. The maximum absolute atomic E-state index is 13.4. The number of benzene rings is 1. The van der Waals surface area contributed by atoms with Crippen molar-refractivity contribution in [3.8, 4) is 11.1 Å². The summed E-state index contributed by atoms with van der Waals surface area (Å²) in [7, 11) is 0. The van der Waals surface area contributed by atoms with Gasteiger partial charge >= 0.3 is 0 Å². The largest absolute Gasteiger partial charge is 0.380 e. The second-order valence-corrected chi connectivity index (χ2v) is 5.40. The van der Waals surface area contributed by atoms with Gasteiger partial charge in [0.05, 0.1) is 11.7 Å². The highest BCUT2D eigenvalue weighted by Gasteiger charge is 2.19. The molecule has 0 spiro atoms. The molecule has 0 saturated carbocycles. The Morgan fingerprint density at radius 1 is 1.33 bits per heavy atom. The van der Waals surface area contributed by atoms with Gasteiger partial charge < -0.3 is 15.0 Å². The van der Waals surface area contributed by atoms with Crippen LogP contribution in [0.5, 0.6) is 0 Å². The molecule has 0 bridgehead atoms. The van der Waals surface area contributed by atoms with Gasteiger partial charge in [0.25, 0.3) is 0 Å². The number of hydrogen-bond acceptors (Lipinski definition) is 4. The van der Waals surface area contributed by atoms with E-state index in [0.717, 1.165) is 25.9 Å². The Morgan fingerprint density at radius 3 is 3.00 bits per heavy atom. The number of rotatable bonds is 4. The van der Waals surface area contributed by atoms with E-state index in [1.807, 2.05) is 6.07 Å². The maximum Gasteiger partial charge on any atom is 0.175 e. The number of halogens is 1. The zero-order valence-corrected chi connectivity index (χ0v) is 11.8. The molecule has 0 aliphatic carbocycles. The highest BCUT2D eigenvalue weighted by molar-refractivity contribution is 5.75. The van der Waals surface area contributed by atoms with Crippen molar-refractivity contribution in [2.24, 2.45) is 0 Å². The quantitative estimate of drug-likeness (QED) is 0.935. The summed E-state index contributed by atoms with van der Waals surface area (Å²) in [6, 6.07) is 6.32. The van der Waals surface area contributed by atoms with Gasteiger partial charge in [0.15, 0.2) is 5.82 Å². The third-order valence-electron chi connectivity index (χ3n) is 3.87. The number of hydrogen-bond donors (Lipinski definition) is 1. The van der Waals surface area contributed by atoms with Gasteiger partial charge in [0.2, 0.25) is 0 Å². The molecule has 1 saturated heterocycles. The number of nitrogens with two attached hydrogens (primary N) is 1. The van der Waals surface area contributed by atoms with E-state index < -0.39 is 0 Å². The molecule has 1 aliphatic rings. The van der Waals surface area contributed by atoms with Crippen molar-refractivity contribution in [2.45, 2.75) is 38.2 Å². The van der Waals surface area contributed by atoms with Crippen molar-refractivity contribution in [1.29, 1.82) is 0 Å². The molecule has 2 aromatic rings. The molecule has 5 heteroatoms. The van der Waals surface area contributed by atoms with Crippen LogP contribution in [0.4, 0.5) is 10.2 Å². The fraction of sp³-hybridized carbons (Fsp3) is 0.438. The minimum Gasteiger partial charge on any atom is -0.380 e. The first-order valence-electron chi connectivity index (χ1n) is 7.35. The number of aryl methyl sites for hydroxylation is 1. The summed E-state index contributed by atoms with van der Waals surface area (Å²) in [6.07, 6.45) is 5.27. The molecule has 4 nitrogen and oxygen atoms in total. The van der Waals surface area contributed by atoms with Crippen molar-refractivity contribution < 1.29 is 13.7 Å². The topological polar surface area (TPSA) is 61.3 Å². The Bertz CT molecular complexity index is 606. The first-order valence-corrected chi connectivity index (χ1v) is 7.35. The molecule has 0 amide bonds. The van der Waals surface area contributed by atoms with Gasteiger partial charge in [0.1, 0.15) is 11.6 Å². The SMILES string of the molecule is Nc1noc(CCC2CCCCO2)c1-c1cccc(F)c1. The third-order valence-corrected chi connectivity index (χ3v) is 3.87.